The lowest BCUT2D eigenvalue weighted by molar-refractivity contribution is 0.204. The van der Waals surface area contributed by atoms with Gasteiger partial charge in [-0.25, -0.2) is 0 Å². The van der Waals surface area contributed by atoms with Gasteiger partial charge in [-0.2, -0.15) is 0 Å². The smallest absolute Gasteiger partial charge is 0.0883 e. The van der Waals surface area contributed by atoms with Gasteiger partial charge in [-0.1, -0.05) is 41.4 Å². The van der Waals surface area contributed by atoms with Crippen LogP contribution in [0.3, 0.4) is 0 Å². The van der Waals surface area contributed by atoms with Crippen molar-refractivity contribution in [2.24, 2.45) is 0 Å². The van der Waals surface area contributed by atoms with Crippen LogP contribution in [0.2, 0.25) is 5.02 Å². The summed E-state index contributed by atoms with van der Waals surface area (Å²) in [6.45, 7) is 2.07. The van der Waals surface area contributed by atoms with Crippen LogP contribution in [0.1, 0.15) is 17.2 Å². The van der Waals surface area contributed by atoms with E-state index in [1.807, 2.05) is 12.1 Å². The first-order valence-corrected chi connectivity index (χ1v) is 7.14. The minimum Gasteiger partial charge on any atom is -0.388 e. The summed E-state index contributed by atoms with van der Waals surface area (Å²) in [5, 5.41) is 10.8. The van der Waals surface area contributed by atoms with Crippen LogP contribution in [0.25, 0.3) is 0 Å². The molecular formula is C15H15ClOS. The van der Waals surface area contributed by atoms with Crippen LogP contribution in [0, 0.1) is 6.92 Å². The molecule has 1 unspecified atom stereocenters. The lowest BCUT2D eigenvalue weighted by Gasteiger charge is -2.10. The summed E-state index contributed by atoms with van der Waals surface area (Å²) in [6.07, 6.45) is -0.464. The third-order valence-corrected chi connectivity index (χ3v) is 4.02. The van der Waals surface area contributed by atoms with Crippen LogP contribution in [0.4, 0.5) is 0 Å². The monoisotopic (exact) mass is 278 g/mol. The molecule has 0 bridgehead atoms. The number of thioether (sulfide) groups is 1. The molecule has 0 saturated heterocycles. The van der Waals surface area contributed by atoms with Crippen LogP contribution in [-0.4, -0.2) is 10.9 Å². The molecule has 0 heterocycles. The minimum absolute atomic E-state index is 0.464. The number of hydrogen-bond acceptors (Lipinski definition) is 2. The zero-order chi connectivity index (χ0) is 13.0. The average Bonchev–Trinajstić information content (AvgIpc) is 2.38. The molecule has 3 heteroatoms. The van der Waals surface area contributed by atoms with Gasteiger partial charge in [-0.15, -0.1) is 11.8 Å². The zero-order valence-electron chi connectivity index (χ0n) is 10.1. The van der Waals surface area contributed by atoms with Gasteiger partial charge in [0.05, 0.1) is 6.10 Å². The van der Waals surface area contributed by atoms with E-state index >= 15 is 0 Å². The molecule has 2 aromatic carbocycles. The number of hydrogen-bond donors (Lipinski definition) is 1. The predicted octanol–water partition coefficient (Wildman–Crippen LogP) is 4.47. The Balaban J connectivity index is 1.93. The molecule has 1 atom stereocenters. The van der Waals surface area contributed by atoms with Crippen molar-refractivity contribution in [2.45, 2.75) is 17.9 Å². The largest absolute Gasteiger partial charge is 0.388 e. The van der Waals surface area contributed by atoms with Gasteiger partial charge in [0.25, 0.3) is 0 Å². The van der Waals surface area contributed by atoms with Gasteiger partial charge in [0, 0.05) is 15.7 Å². The first-order valence-electron chi connectivity index (χ1n) is 5.78. The molecule has 0 aromatic heterocycles. The standard InChI is InChI=1S/C15H15ClOS/c1-11-2-8-14(9-3-11)18-10-15(17)12-4-6-13(16)7-5-12/h2-9,15,17H,10H2,1H3. The molecule has 2 rings (SSSR count). The quantitative estimate of drug-likeness (QED) is 0.833. The molecule has 0 aliphatic rings. The first kappa shape index (κ1) is 13.5. The summed E-state index contributed by atoms with van der Waals surface area (Å²) in [7, 11) is 0. The van der Waals surface area contributed by atoms with Crippen LogP contribution >= 0.6 is 23.4 Å². The summed E-state index contributed by atoms with van der Waals surface area (Å²) in [5.41, 5.74) is 2.15. The van der Waals surface area contributed by atoms with Crippen LogP contribution in [0.15, 0.2) is 53.4 Å². The molecule has 18 heavy (non-hydrogen) atoms. The van der Waals surface area contributed by atoms with Crippen molar-refractivity contribution in [1.82, 2.24) is 0 Å². The SMILES string of the molecule is Cc1ccc(SCC(O)c2ccc(Cl)cc2)cc1. The Bertz CT molecular complexity index is 493. The van der Waals surface area contributed by atoms with Gasteiger partial charge in [0.1, 0.15) is 0 Å². The Morgan fingerprint density at radius 3 is 2.28 bits per heavy atom. The Labute approximate surface area is 117 Å². The molecule has 1 N–H and O–H groups in total. The molecule has 0 spiro atoms. The highest BCUT2D eigenvalue weighted by atomic mass is 35.5. The molecule has 94 valence electrons. The maximum Gasteiger partial charge on any atom is 0.0883 e. The number of aliphatic hydroxyl groups excluding tert-OH is 1. The summed E-state index contributed by atoms with van der Waals surface area (Å²) < 4.78 is 0. The highest BCUT2D eigenvalue weighted by Gasteiger charge is 2.07. The molecule has 0 aliphatic carbocycles. The normalized spacial score (nSPS) is 12.4. The van der Waals surface area contributed by atoms with Gasteiger partial charge >= 0.3 is 0 Å². The van der Waals surface area contributed by atoms with Gasteiger partial charge in [0.15, 0.2) is 0 Å². The summed E-state index contributed by atoms with van der Waals surface area (Å²) in [4.78, 5) is 1.17. The molecular weight excluding hydrogens is 264 g/mol. The van der Waals surface area contributed by atoms with E-state index in [2.05, 4.69) is 31.2 Å². The number of halogens is 1. The summed E-state index contributed by atoms with van der Waals surface area (Å²) in [5.74, 6) is 0.644. The fourth-order valence-electron chi connectivity index (χ4n) is 1.59. The average molecular weight is 279 g/mol. The minimum atomic E-state index is -0.464. The lowest BCUT2D eigenvalue weighted by Crippen LogP contribution is -2.00. The molecule has 0 aliphatic heterocycles. The van der Waals surface area contributed by atoms with Crippen molar-refractivity contribution >= 4 is 23.4 Å². The van der Waals surface area contributed by atoms with Gasteiger partial charge in [-0.3, -0.25) is 0 Å². The predicted molar refractivity (Wildman–Crippen MR) is 78.3 cm³/mol. The first-order chi connectivity index (χ1) is 8.65. The van der Waals surface area contributed by atoms with Crippen LogP contribution in [-0.2, 0) is 0 Å². The molecule has 1 nitrogen and oxygen atoms in total. The second kappa shape index (κ2) is 6.28. The number of aryl methyl sites for hydroxylation is 1. The lowest BCUT2D eigenvalue weighted by atomic mass is 10.1. The summed E-state index contributed by atoms with van der Waals surface area (Å²) in [6, 6.07) is 15.6. The highest BCUT2D eigenvalue weighted by Crippen LogP contribution is 2.25. The number of rotatable bonds is 4. The van der Waals surface area contributed by atoms with Crippen molar-refractivity contribution in [3.05, 3.63) is 64.7 Å². The van der Waals surface area contributed by atoms with E-state index in [1.54, 1.807) is 23.9 Å². The molecule has 0 radical (unpaired) electrons. The van der Waals surface area contributed by atoms with E-state index < -0.39 is 6.10 Å². The van der Waals surface area contributed by atoms with Crippen molar-refractivity contribution < 1.29 is 5.11 Å². The van der Waals surface area contributed by atoms with Crippen molar-refractivity contribution in [2.75, 3.05) is 5.75 Å². The molecule has 0 amide bonds. The third kappa shape index (κ3) is 3.77. The van der Waals surface area contributed by atoms with Gasteiger partial charge in [0.2, 0.25) is 0 Å². The van der Waals surface area contributed by atoms with Gasteiger partial charge in [-0.05, 0) is 36.8 Å². The van der Waals surface area contributed by atoms with E-state index in [0.29, 0.717) is 10.8 Å². The molecule has 2 aromatic rings. The Morgan fingerprint density at radius 2 is 1.67 bits per heavy atom. The molecule has 0 saturated carbocycles. The third-order valence-electron chi connectivity index (χ3n) is 2.68. The Hall–Kier alpha value is -0.960. The Morgan fingerprint density at radius 1 is 1.06 bits per heavy atom. The maximum absolute atomic E-state index is 10.1. The fraction of sp³-hybridized carbons (Fsp3) is 0.200. The van der Waals surface area contributed by atoms with Crippen LogP contribution < -0.4 is 0 Å². The van der Waals surface area contributed by atoms with Crippen molar-refractivity contribution in [1.29, 1.82) is 0 Å². The number of aliphatic hydroxyl groups is 1. The van der Waals surface area contributed by atoms with E-state index in [-0.39, 0.29) is 0 Å². The Kier molecular flexibility index (Phi) is 4.70. The topological polar surface area (TPSA) is 20.2 Å². The van der Waals surface area contributed by atoms with E-state index in [4.69, 9.17) is 11.6 Å². The van der Waals surface area contributed by atoms with Crippen molar-refractivity contribution in [3.8, 4) is 0 Å². The van der Waals surface area contributed by atoms with E-state index in [9.17, 15) is 5.11 Å². The second-order valence-corrected chi connectivity index (χ2v) is 5.72. The van der Waals surface area contributed by atoms with E-state index in [0.717, 1.165) is 5.56 Å². The number of benzene rings is 2. The van der Waals surface area contributed by atoms with E-state index in [1.165, 1.54) is 10.5 Å². The zero-order valence-corrected chi connectivity index (χ0v) is 11.7. The summed E-state index contributed by atoms with van der Waals surface area (Å²) >= 11 is 7.47. The fourth-order valence-corrected chi connectivity index (χ4v) is 2.59. The molecule has 0 fully saturated rings. The van der Waals surface area contributed by atoms with Gasteiger partial charge < -0.3 is 5.11 Å². The van der Waals surface area contributed by atoms with Crippen molar-refractivity contribution in [3.63, 3.8) is 0 Å². The highest BCUT2D eigenvalue weighted by molar-refractivity contribution is 7.99. The van der Waals surface area contributed by atoms with Crippen LogP contribution in [0.5, 0.6) is 0 Å². The maximum atomic E-state index is 10.1. The second-order valence-electron chi connectivity index (χ2n) is 4.19.